The van der Waals surface area contributed by atoms with Gasteiger partial charge in [0.05, 0.1) is 16.7 Å². The summed E-state index contributed by atoms with van der Waals surface area (Å²) in [6, 6.07) is 26.5. The maximum absolute atomic E-state index is 5.14. The van der Waals surface area contributed by atoms with E-state index in [9.17, 15) is 0 Å². The molecule has 0 radical (unpaired) electrons. The molecule has 0 aliphatic rings. The summed E-state index contributed by atoms with van der Waals surface area (Å²) in [7, 11) is 0. The lowest BCUT2D eigenvalue weighted by Crippen LogP contribution is -2.03. The lowest BCUT2D eigenvalue weighted by Gasteiger charge is -2.17. The SMILES string of the molecule is Cc1cccc2nc(-c3nc4nccnc4c(C)c3-c3ccccc3)c(-c3ccccc3)nc12. The largest absolute Gasteiger partial charge is 0.251 e. The van der Waals surface area contributed by atoms with Gasteiger partial charge in [0.1, 0.15) is 16.9 Å². The first kappa shape index (κ1) is 20.1. The molecule has 0 saturated carbocycles. The summed E-state index contributed by atoms with van der Waals surface area (Å²) in [4.78, 5) is 24.4. The van der Waals surface area contributed by atoms with Crippen LogP contribution in [0.3, 0.4) is 0 Å². The van der Waals surface area contributed by atoms with E-state index in [0.29, 0.717) is 5.65 Å². The van der Waals surface area contributed by atoms with Crippen molar-refractivity contribution in [2.45, 2.75) is 13.8 Å². The first-order valence-corrected chi connectivity index (χ1v) is 11.2. The van der Waals surface area contributed by atoms with Crippen LogP contribution in [0.25, 0.3) is 56.0 Å². The lowest BCUT2D eigenvalue weighted by atomic mass is 9.94. The van der Waals surface area contributed by atoms with Gasteiger partial charge in [-0.15, -0.1) is 0 Å². The van der Waals surface area contributed by atoms with E-state index >= 15 is 0 Å². The van der Waals surface area contributed by atoms with Crippen LogP contribution in [0.1, 0.15) is 11.1 Å². The Bertz CT molecular complexity index is 1660. The third-order valence-electron chi connectivity index (χ3n) is 6.09. The van der Waals surface area contributed by atoms with E-state index in [4.69, 9.17) is 15.0 Å². The fourth-order valence-electron chi connectivity index (χ4n) is 4.44. The predicted molar refractivity (Wildman–Crippen MR) is 136 cm³/mol. The zero-order valence-corrected chi connectivity index (χ0v) is 18.9. The van der Waals surface area contributed by atoms with Gasteiger partial charge in [0.2, 0.25) is 0 Å². The molecule has 6 rings (SSSR count). The van der Waals surface area contributed by atoms with Crippen molar-refractivity contribution in [2.24, 2.45) is 0 Å². The number of rotatable bonds is 3. The minimum absolute atomic E-state index is 0.597. The lowest BCUT2D eigenvalue weighted by molar-refractivity contribution is 1.19. The Morgan fingerprint density at radius 2 is 1.24 bits per heavy atom. The van der Waals surface area contributed by atoms with Crippen LogP contribution in [0.15, 0.2) is 91.3 Å². The molecule has 0 saturated heterocycles. The number of para-hydroxylation sites is 1. The number of hydrogen-bond donors (Lipinski definition) is 0. The van der Waals surface area contributed by atoms with E-state index < -0.39 is 0 Å². The van der Waals surface area contributed by atoms with Gasteiger partial charge in [-0.25, -0.2) is 19.9 Å². The number of hydrogen-bond acceptors (Lipinski definition) is 5. The Kier molecular flexibility index (Phi) is 4.81. The summed E-state index contributed by atoms with van der Waals surface area (Å²) in [5.41, 5.74) is 10.6. The Hall–Kier alpha value is -4.51. The molecule has 162 valence electrons. The van der Waals surface area contributed by atoms with E-state index in [1.807, 2.05) is 48.5 Å². The zero-order chi connectivity index (χ0) is 23.1. The number of nitrogens with zero attached hydrogens (tertiary/aromatic N) is 5. The minimum Gasteiger partial charge on any atom is -0.251 e. The smallest absolute Gasteiger partial charge is 0.179 e. The van der Waals surface area contributed by atoms with E-state index in [1.165, 1.54) is 0 Å². The molecule has 34 heavy (non-hydrogen) atoms. The van der Waals surface area contributed by atoms with Crippen LogP contribution in [0.4, 0.5) is 0 Å². The summed E-state index contributed by atoms with van der Waals surface area (Å²) in [6.45, 7) is 4.14. The quantitative estimate of drug-likeness (QED) is 0.311. The highest BCUT2D eigenvalue weighted by atomic mass is 14.9. The second-order valence-corrected chi connectivity index (χ2v) is 8.28. The Balaban J connectivity index is 1.77. The van der Waals surface area contributed by atoms with Gasteiger partial charge in [-0.2, -0.15) is 0 Å². The molecule has 0 spiro atoms. The highest BCUT2D eigenvalue weighted by Gasteiger charge is 2.22. The number of benzene rings is 3. The van der Waals surface area contributed by atoms with Crippen molar-refractivity contribution in [1.82, 2.24) is 24.9 Å². The Morgan fingerprint density at radius 3 is 2.00 bits per heavy atom. The van der Waals surface area contributed by atoms with Crippen LogP contribution in [-0.4, -0.2) is 24.9 Å². The van der Waals surface area contributed by atoms with Crippen LogP contribution in [0.5, 0.6) is 0 Å². The van der Waals surface area contributed by atoms with Gasteiger partial charge in [-0.1, -0.05) is 72.8 Å². The fourth-order valence-corrected chi connectivity index (χ4v) is 4.44. The number of fused-ring (bicyclic) bond motifs is 2. The van der Waals surface area contributed by atoms with Gasteiger partial charge in [-0.3, -0.25) is 4.98 Å². The van der Waals surface area contributed by atoms with E-state index in [2.05, 4.69) is 54.1 Å². The molecule has 3 heterocycles. The van der Waals surface area contributed by atoms with Gasteiger partial charge in [-0.05, 0) is 36.6 Å². The highest BCUT2D eigenvalue weighted by Crippen LogP contribution is 2.39. The normalized spacial score (nSPS) is 11.2. The Labute approximate surface area is 197 Å². The third kappa shape index (κ3) is 3.30. The summed E-state index contributed by atoms with van der Waals surface area (Å²) < 4.78 is 0. The number of aryl methyl sites for hydroxylation is 2. The van der Waals surface area contributed by atoms with Crippen molar-refractivity contribution in [3.63, 3.8) is 0 Å². The van der Waals surface area contributed by atoms with Crippen LogP contribution < -0.4 is 0 Å². The van der Waals surface area contributed by atoms with Crippen molar-refractivity contribution in [3.8, 4) is 33.8 Å². The summed E-state index contributed by atoms with van der Waals surface area (Å²) in [5, 5.41) is 0. The van der Waals surface area contributed by atoms with Crippen molar-refractivity contribution < 1.29 is 0 Å². The van der Waals surface area contributed by atoms with Gasteiger partial charge in [0, 0.05) is 23.5 Å². The maximum atomic E-state index is 5.14. The molecule has 6 aromatic rings. The minimum atomic E-state index is 0.597. The van der Waals surface area contributed by atoms with E-state index in [0.717, 1.165) is 61.4 Å². The standard InChI is InChI=1S/C29H21N5/c1-18-10-9-15-22-24(18)33-26(21-13-7-4-8-14-21)28(32-22)27-23(20-11-5-3-6-12-20)19(2)25-29(34-27)31-17-16-30-25/h3-17H,1-2H3. The molecule has 0 aliphatic heterocycles. The summed E-state index contributed by atoms with van der Waals surface area (Å²) >= 11 is 0. The molecule has 0 bridgehead atoms. The summed E-state index contributed by atoms with van der Waals surface area (Å²) in [5.74, 6) is 0. The van der Waals surface area contributed by atoms with Crippen molar-refractivity contribution >= 4 is 22.2 Å². The number of aromatic nitrogens is 5. The second kappa shape index (κ2) is 8.12. The molecule has 0 N–H and O–H groups in total. The van der Waals surface area contributed by atoms with Gasteiger partial charge in [0.15, 0.2) is 5.65 Å². The first-order valence-electron chi connectivity index (χ1n) is 11.2. The van der Waals surface area contributed by atoms with Gasteiger partial charge >= 0.3 is 0 Å². The predicted octanol–water partition coefficient (Wildman–Crippen LogP) is 6.59. The van der Waals surface area contributed by atoms with Crippen LogP contribution in [-0.2, 0) is 0 Å². The van der Waals surface area contributed by atoms with Crippen molar-refractivity contribution in [2.75, 3.05) is 0 Å². The molecule has 0 amide bonds. The van der Waals surface area contributed by atoms with Crippen LogP contribution in [0.2, 0.25) is 0 Å². The van der Waals surface area contributed by atoms with Crippen molar-refractivity contribution in [3.05, 3.63) is 102 Å². The van der Waals surface area contributed by atoms with Crippen molar-refractivity contribution in [1.29, 1.82) is 0 Å². The molecule has 3 aromatic carbocycles. The fraction of sp³-hybridized carbons (Fsp3) is 0.0690. The van der Waals surface area contributed by atoms with E-state index in [1.54, 1.807) is 12.4 Å². The topological polar surface area (TPSA) is 64.5 Å². The zero-order valence-electron chi connectivity index (χ0n) is 18.9. The molecular weight excluding hydrogens is 418 g/mol. The molecule has 0 fully saturated rings. The molecule has 0 unspecified atom stereocenters. The molecule has 0 aliphatic carbocycles. The van der Waals surface area contributed by atoms with Crippen LogP contribution >= 0.6 is 0 Å². The maximum Gasteiger partial charge on any atom is 0.179 e. The third-order valence-corrected chi connectivity index (χ3v) is 6.09. The highest BCUT2D eigenvalue weighted by molar-refractivity contribution is 5.96. The molecule has 0 atom stereocenters. The molecule has 5 nitrogen and oxygen atoms in total. The first-order chi connectivity index (χ1) is 16.7. The summed E-state index contributed by atoms with van der Waals surface area (Å²) in [6.07, 6.45) is 3.38. The average molecular weight is 440 g/mol. The Morgan fingerprint density at radius 1 is 0.529 bits per heavy atom. The monoisotopic (exact) mass is 439 g/mol. The molecule has 5 heteroatoms. The van der Waals surface area contributed by atoms with Gasteiger partial charge < -0.3 is 0 Å². The number of pyridine rings is 1. The van der Waals surface area contributed by atoms with E-state index in [-0.39, 0.29) is 0 Å². The van der Waals surface area contributed by atoms with Crippen LogP contribution in [0, 0.1) is 13.8 Å². The van der Waals surface area contributed by atoms with Gasteiger partial charge in [0.25, 0.3) is 0 Å². The molecule has 3 aromatic heterocycles. The molecular formula is C29H21N5. The second-order valence-electron chi connectivity index (χ2n) is 8.28. The average Bonchev–Trinajstić information content (AvgIpc) is 2.89.